The first kappa shape index (κ1) is 18.4. The van der Waals surface area contributed by atoms with Gasteiger partial charge in [0.25, 0.3) is 5.19 Å². The lowest BCUT2D eigenvalue weighted by Gasteiger charge is -2.15. The molecule has 0 saturated carbocycles. The van der Waals surface area contributed by atoms with Crippen LogP contribution in [0.1, 0.15) is 24.7 Å². The third-order valence-electron chi connectivity index (χ3n) is 3.32. The maximum absolute atomic E-state index is 12.9. The summed E-state index contributed by atoms with van der Waals surface area (Å²) < 4.78 is 6.26. The molecule has 1 unspecified atom stereocenters. The molecule has 1 amide bonds. The Labute approximate surface area is 160 Å². The highest BCUT2D eigenvalue weighted by Gasteiger charge is 2.24. The zero-order valence-electron chi connectivity index (χ0n) is 14.5. The van der Waals surface area contributed by atoms with Gasteiger partial charge in [-0.05, 0) is 42.9 Å². The number of carbonyl (C=O) groups excluding carboxylic acids is 1. The van der Waals surface area contributed by atoms with Gasteiger partial charge < -0.3 is 10.1 Å². The Morgan fingerprint density at radius 1 is 1.04 bits per heavy atom. The molecule has 0 fully saturated rings. The van der Waals surface area contributed by atoms with Crippen LogP contribution >= 0.6 is 23.1 Å². The summed E-state index contributed by atoms with van der Waals surface area (Å²) in [6.45, 7) is 3.88. The molecule has 1 atom stereocenters. The van der Waals surface area contributed by atoms with Crippen LogP contribution in [0.3, 0.4) is 0 Å². The molecule has 1 heterocycles. The second-order valence-electron chi connectivity index (χ2n) is 5.76. The summed E-state index contributed by atoms with van der Waals surface area (Å²) in [4.78, 5) is 12.9. The van der Waals surface area contributed by atoms with Crippen molar-refractivity contribution < 1.29 is 9.53 Å². The summed E-state index contributed by atoms with van der Waals surface area (Å²) in [5.74, 6) is -0.103. The molecule has 0 aliphatic carbocycles. The second-order valence-corrected chi connectivity index (χ2v) is 8.06. The van der Waals surface area contributed by atoms with Crippen LogP contribution in [-0.2, 0) is 4.79 Å². The molecule has 1 aromatic heterocycles. The summed E-state index contributed by atoms with van der Waals surface area (Å²) >= 11 is 2.72. The Balaban J connectivity index is 1.79. The summed E-state index contributed by atoms with van der Waals surface area (Å²) in [6, 6.07) is 19.1. The van der Waals surface area contributed by atoms with Crippen LogP contribution in [0.25, 0.3) is 0 Å². The number of nitrogens with zero attached hydrogens (tertiary/aromatic N) is 2. The smallest absolute Gasteiger partial charge is 0.295 e. The number of benzene rings is 2. The lowest BCUT2D eigenvalue weighted by Crippen LogP contribution is -2.18. The maximum Gasteiger partial charge on any atom is 0.295 e. The molecule has 1 N–H and O–H groups in total. The van der Waals surface area contributed by atoms with Gasteiger partial charge in [0, 0.05) is 5.69 Å². The Bertz CT molecular complexity index is 838. The van der Waals surface area contributed by atoms with Gasteiger partial charge >= 0.3 is 0 Å². The van der Waals surface area contributed by atoms with Crippen LogP contribution < -0.4 is 10.1 Å². The van der Waals surface area contributed by atoms with Crippen molar-refractivity contribution in [3.63, 3.8) is 0 Å². The van der Waals surface area contributed by atoms with E-state index in [1.807, 2.05) is 74.5 Å². The average molecular weight is 386 g/mol. The quantitative estimate of drug-likeness (QED) is 0.592. The molecule has 0 bridgehead atoms. The highest BCUT2D eigenvalue weighted by molar-refractivity contribution is 8.01. The van der Waals surface area contributed by atoms with E-state index in [2.05, 4.69) is 15.5 Å². The van der Waals surface area contributed by atoms with Gasteiger partial charge in [-0.3, -0.25) is 4.79 Å². The highest BCUT2D eigenvalue weighted by Crippen LogP contribution is 2.39. The van der Waals surface area contributed by atoms with E-state index in [9.17, 15) is 4.79 Å². The fourth-order valence-electron chi connectivity index (χ4n) is 2.22. The van der Waals surface area contributed by atoms with Gasteiger partial charge in [-0.15, -0.1) is 5.10 Å². The number of hydrogen-bond donors (Lipinski definition) is 1. The SMILES string of the molecule is CC(C)Oc1nnc(SC(C(=O)Nc2ccccc2)c2ccccc2)s1. The van der Waals surface area contributed by atoms with Crippen molar-refractivity contribution in [1.82, 2.24) is 10.2 Å². The van der Waals surface area contributed by atoms with Crippen molar-refractivity contribution in [3.8, 4) is 5.19 Å². The summed E-state index contributed by atoms with van der Waals surface area (Å²) in [5, 5.41) is 11.2. The molecule has 134 valence electrons. The van der Waals surface area contributed by atoms with E-state index in [1.54, 1.807) is 0 Å². The van der Waals surface area contributed by atoms with Gasteiger partial charge in [-0.1, -0.05) is 65.4 Å². The van der Waals surface area contributed by atoms with Gasteiger partial charge in [0.15, 0.2) is 4.34 Å². The summed E-state index contributed by atoms with van der Waals surface area (Å²) in [5.41, 5.74) is 1.67. The molecule has 3 rings (SSSR count). The van der Waals surface area contributed by atoms with E-state index in [4.69, 9.17) is 4.74 Å². The molecular formula is C19H19N3O2S2. The van der Waals surface area contributed by atoms with E-state index >= 15 is 0 Å². The Morgan fingerprint density at radius 3 is 2.35 bits per heavy atom. The number of thioether (sulfide) groups is 1. The van der Waals surface area contributed by atoms with Gasteiger partial charge in [0.2, 0.25) is 5.91 Å². The lowest BCUT2D eigenvalue weighted by atomic mass is 10.1. The molecule has 0 spiro atoms. The predicted molar refractivity (Wildman–Crippen MR) is 106 cm³/mol. The van der Waals surface area contributed by atoms with Gasteiger partial charge in [0.1, 0.15) is 5.25 Å². The molecular weight excluding hydrogens is 366 g/mol. The van der Waals surface area contributed by atoms with Crippen molar-refractivity contribution in [1.29, 1.82) is 0 Å². The molecule has 5 nitrogen and oxygen atoms in total. The Kier molecular flexibility index (Phi) is 6.25. The topological polar surface area (TPSA) is 64.1 Å². The zero-order chi connectivity index (χ0) is 18.4. The van der Waals surface area contributed by atoms with Crippen molar-refractivity contribution in [2.75, 3.05) is 5.32 Å². The molecule has 0 saturated heterocycles. The first-order valence-electron chi connectivity index (χ1n) is 8.19. The number of anilines is 1. The molecule has 2 aromatic carbocycles. The monoisotopic (exact) mass is 385 g/mol. The zero-order valence-corrected chi connectivity index (χ0v) is 16.1. The minimum atomic E-state index is -0.434. The molecule has 0 aliphatic heterocycles. The number of aromatic nitrogens is 2. The Morgan fingerprint density at radius 2 is 1.69 bits per heavy atom. The molecule has 26 heavy (non-hydrogen) atoms. The molecule has 3 aromatic rings. The number of nitrogens with one attached hydrogen (secondary N) is 1. The maximum atomic E-state index is 12.9. The molecule has 0 radical (unpaired) electrons. The first-order valence-corrected chi connectivity index (χ1v) is 9.89. The number of hydrogen-bond acceptors (Lipinski definition) is 6. The van der Waals surface area contributed by atoms with Crippen LogP contribution in [0.15, 0.2) is 65.0 Å². The van der Waals surface area contributed by atoms with Gasteiger partial charge in [-0.25, -0.2) is 0 Å². The van der Waals surface area contributed by atoms with Crippen LogP contribution in [0.5, 0.6) is 5.19 Å². The van der Waals surface area contributed by atoms with Gasteiger partial charge in [-0.2, -0.15) is 0 Å². The van der Waals surface area contributed by atoms with Crippen molar-refractivity contribution >= 4 is 34.7 Å². The van der Waals surface area contributed by atoms with Crippen LogP contribution in [-0.4, -0.2) is 22.2 Å². The van der Waals surface area contributed by atoms with Crippen molar-refractivity contribution in [3.05, 3.63) is 66.2 Å². The van der Waals surface area contributed by atoms with Crippen molar-refractivity contribution in [2.24, 2.45) is 0 Å². The third-order valence-corrected chi connectivity index (χ3v) is 5.48. The van der Waals surface area contributed by atoms with E-state index in [1.165, 1.54) is 23.1 Å². The average Bonchev–Trinajstić information content (AvgIpc) is 3.07. The second kappa shape index (κ2) is 8.82. The largest absolute Gasteiger partial charge is 0.466 e. The van der Waals surface area contributed by atoms with Crippen LogP contribution in [0, 0.1) is 0 Å². The molecule has 0 aliphatic rings. The van der Waals surface area contributed by atoms with E-state index in [0.29, 0.717) is 9.53 Å². The van der Waals surface area contributed by atoms with Crippen LogP contribution in [0.4, 0.5) is 5.69 Å². The fourth-order valence-corrected chi connectivity index (χ4v) is 4.22. The normalized spacial score (nSPS) is 12.0. The van der Waals surface area contributed by atoms with Crippen molar-refractivity contribution in [2.45, 2.75) is 29.5 Å². The molecule has 7 heteroatoms. The fraction of sp³-hybridized carbons (Fsp3) is 0.211. The number of ether oxygens (including phenoxy) is 1. The number of rotatable bonds is 7. The minimum Gasteiger partial charge on any atom is -0.466 e. The third kappa shape index (κ3) is 5.06. The van der Waals surface area contributed by atoms with E-state index < -0.39 is 5.25 Å². The summed E-state index contributed by atoms with van der Waals surface area (Å²) in [6.07, 6.45) is 0.0344. The predicted octanol–water partition coefficient (Wildman–Crippen LogP) is 4.80. The standard InChI is InChI=1S/C19H19N3O2S2/c1-13(2)24-18-21-22-19(26-18)25-16(14-9-5-3-6-10-14)17(23)20-15-11-7-4-8-12-15/h3-13,16H,1-2H3,(H,20,23). The summed E-state index contributed by atoms with van der Waals surface area (Å²) in [7, 11) is 0. The van der Waals surface area contributed by atoms with Crippen LogP contribution in [0.2, 0.25) is 0 Å². The van der Waals surface area contributed by atoms with Gasteiger partial charge in [0.05, 0.1) is 6.10 Å². The number of carbonyl (C=O) groups is 1. The number of para-hydroxylation sites is 1. The van der Waals surface area contributed by atoms with E-state index in [-0.39, 0.29) is 12.0 Å². The Hall–Kier alpha value is -2.38. The number of amides is 1. The minimum absolute atomic E-state index is 0.0344. The van der Waals surface area contributed by atoms with E-state index in [0.717, 1.165) is 11.3 Å². The highest BCUT2D eigenvalue weighted by atomic mass is 32.2. The lowest BCUT2D eigenvalue weighted by molar-refractivity contribution is -0.115. The first-order chi connectivity index (χ1) is 12.6.